The molecule has 0 aliphatic heterocycles. The summed E-state index contributed by atoms with van der Waals surface area (Å²) in [7, 11) is 1.82. The molecule has 0 atom stereocenters. The van der Waals surface area contributed by atoms with Gasteiger partial charge in [0.15, 0.2) is 0 Å². The Hall–Kier alpha value is -0.520. The molecule has 7 heteroatoms. The lowest BCUT2D eigenvalue weighted by Gasteiger charge is -2.35. The molecule has 1 aromatic carbocycles. The molecule has 1 aliphatic rings. The van der Waals surface area contributed by atoms with Gasteiger partial charge in [0, 0.05) is 22.2 Å². The lowest BCUT2D eigenvalue weighted by atomic mass is 9.76. The van der Waals surface area contributed by atoms with Gasteiger partial charge in [-0.05, 0) is 25.0 Å². The Kier molecular flexibility index (Phi) is 5.38. The smallest absolute Gasteiger partial charge is 0.233 e. The number of hydrogen-bond acceptors (Lipinski definition) is 3. The highest BCUT2D eigenvalue weighted by atomic mass is 35.7. The van der Waals surface area contributed by atoms with Gasteiger partial charge in [-0.2, -0.15) is 0 Å². The molecule has 1 aliphatic carbocycles. The molecule has 1 fully saturated rings. The first-order valence-electron chi connectivity index (χ1n) is 6.80. The Morgan fingerprint density at radius 2 is 1.90 bits per heavy atom. The minimum Gasteiger partial charge on any atom is -0.493 e. The van der Waals surface area contributed by atoms with Gasteiger partial charge in [-0.25, -0.2) is 12.8 Å². The number of ether oxygens (including phenoxy) is 1. The molecule has 0 aromatic heterocycles. The van der Waals surface area contributed by atoms with E-state index < -0.39 is 20.3 Å². The molecule has 1 saturated carbocycles. The van der Waals surface area contributed by atoms with Crippen LogP contribution in [0.5, 0.6) is 5.75 Å². The Bertz CT molecular complexity index is 598. The second kappa shape index (κ2) is 6.71. The van der Waals surface area contributed by atoms with Crippen LogP contribution in [-0.4, -0.2) is 20.8 Å². The van der Waals surface area contributed by atoms with Gasteiger partial charge < -0.3 is 4.74 Å². The second-order valence-corrected chi connectivity index (χ2v) is 8.79. The van der Waals surface area contributed by atoms with E-state index in [-0.39, 0.29) is 17.4 Å². The van der Waals surface area contributed by atoms with Gasteiger partial charge in [0.25, 0.3) is 0 Å². The van der Waals surface area contributed by atoms with Crippen molar-refractivity contribution in [3.63, 3.8) is 0 Å². The molecule has 0 unspecified atom stereocenters. The summed E-state index contributed by atoms with van der Waals surface area (Å²) < 4.78 is 41.9. The van der Waals surface area contributed by atoms with E-state index in [4.69, 9.17) is 27.0 Å². The Labute approximate surface area is 133 Å². The van der Waals surface area contributed by atoms with Crippen LogP contribution in [-0.2, 0) is 9.05 Å². The van der Waals surface area contributed by atoms with Gasteiger partial charge in [0.05, 0.1) is 17.4 Å². The number of benzene rings is 1. The van der Waals surface area contributed by atoms with Gasteiger partial charge in [-0.1, -0.05) is 30.9 Å². The van der Waals surface area contributed by atoms with Crippen molar-refractivity contribution >= 4 is 31.3 Å². The summed E-state index contributed by atoms with van der Waals surface area (Å²) in [6.45, 7) is 0.208. The van der Waals surface area contributed by atoms with Crippen molar-refractivity contribution in [3.05, 3.63) is 29.0 Å². The third-order valence-electron chi connectivity index (χ3n) is 3.83. The van der Waals surface area contributed by atoms with E-state index in [1.54, 1.807) is 6.07 Å². The van der Waals surface area contributed by atoms with Crippen LogP contribution >= 0.6 is 22.3 Å². The van der Waals surface area contributed by atoms with Gasteiger partial charge in [0.2, 0.25) is 9.05 Å². The number of halogens is 3. The molecule has 0 bridgehead atoms. The van der Waals surface area contributed by atoms with Crippen LogP contribution in [0.1, 0.15) is 32.1 Å². The zero-order chi connectivity index (χ0) is 15.5. The van der Waals surface area contributed by atoms with Crippen molar-refractivity contribution in [3.8, 4) is 5.75 Å². The first kappa shape index (κ1) is 16.8. The maximum atomic E-state index is 13.4. The summed E-state index contributed by atoms with van der Waals surface area (Å²) >= 11 is 5.62. The van der Waals surface area contributed by atoms with E-state index in [0.717, 1.165) is 32.1 Å². The minimum absolute atomic E-state index is 0.0260. The summed E-state index contributed by atoms with van der Waals surface area (Å²) in [4.78, 5) is 0. The molecule has 118 valence electrons. The predicted octanol–water partition coefficient (Wildman–Crippen LogP) is 4.38. The van der Waals surface area contributed by atoms with Crippen molar-refractivity contribution in [1.82, 2.24) is 0 Å². The second-order valence-electron chi connectivity index (χ2n) is 5.61. The van der Waals surface area contributed by atoms with Crippen LogP contribution in [0.15, 0.2) is 18.2 Å². The van der Waals surface area contributed by atoms with E-state index >= 15 is 0 Å². The molecular formula is C14H17Cl2FO3S. The molecule has 3 nitrogen and oxygen atoms in total. The van der Waals surface area contributed by atoms with Crippen LogP contribution in [0, 0.1) is 11.2 Å². The first-order valence-corrected chi connectivity index (χ1v) is 9.66. The summed E-state index contributed by atoms with van der Waals surface area (Å²) in [5.41, 5.74) is -0.491. The van der Waals surface area contributed by atoms with Crippen LogP contribution in [0.3, 0.4) is 0 Å². The Morgan fingerprint density at radius 1 is 1.24 bits per heavy atom. The van der Waals surface area contributed by atoms with Crippen LogP contribution < -0.4 is 4.74 Å². The molecule has 0 heterocycles. The normalized spacial score (nSPS) is 18.4. The molecule has 0 spiro atoms. The van der Waals surface area contributed by atoms with E-state index in [9.17, 15) is 12.8 Å². The highest BCUT2D eigenvalue weighted by Crippen LogP contribution is 2.39. The van der Waals surface area contributed by atoms with Gasteiger partial charge in [-0.3, -0.25) is 0 Å². The standard InChI is InChI=1S/C14H17Cl2FO3S/c15-12-5-4-11(8-13(12)17)20-9-14(10-21(16,18)19)6-2-1-3-7-14/h4-5,8H,1-3,6-7,9-10H2. The predicted molar refractivity (Wildman–Crippen MR) is 82.1 cm³/mol. The summed E-state index contributed by atoms with van der Waals surface area (Å²) in [6.07, 6.45) is 4.47. The van der Waals surface area contributed by atoms with Crippen molar-refractivity contribution in [2.75, 3.05) is 12.4 Å². The Morgan fingerprint density at radius 3 is 2.48 bits per heavy atom. The fraction of sp³-hybridized carbons (Fsp3) is 0.571. The molecule has 0 radical (unpaired) electrons. The number of hydrogen-bond donors (Lipinski definition) is 0. The SMILES string of the molecule is O=S(=O)(Cl)CC1(COc2ccc(Cl)c(F)c2)CCCCC1. The summed E-state index contributed by atoms with van der Waals surface area (Å²) in [6, 6.07) is 4.18. The fourth-order valence-corrected chi connectivity index (χ4v) is 4.72. The van der Waals surface area contributed by atoms with E-state index in [1.807, 2.05) is 0 Å². The largest absolute Gasteiger partial charge is 0.493 e. The van der Waals surface area contributed by atoms with E-state index in [1.165, 1.54) is 12.1 Å². The third-order valence-corrected chi connectivity index (χ3v) is 5.42. The molecule has 1 aromatic rings. The monoisotopic (exact) mass is 354 g/mol. The van der Waals surface area contributed by atoms with Crippen molar-refractivity contribution < 1.29 is 17.5 Å². The third kappa shape index (κ3) is 5.01. The van der Waals surface area contributed by atoms with Gasteiger partial charge >= 0.3 is 0 Å². The van der Waals surface area contributed by atoms with E-state index in [0.29, 0.717) is 5.75 Å². The quantitative estimate of drug-likeness (QED) is 0.737. The highest BCUT2D eigenvalue weighted by molar-refractivity contribution is 8.13. The van der Waals surface area contributed by atoms with Crippen molar-refractivity contribution in [1.29, 1.82) is 0 Å². The maximum Gasteiger partial charge on any atom is 0.233 e. The van der Waals surface area contributed by atoms with Gasteiger partial charge in [0.1, 0.15) is 11.6 Å². The highest BCUT2D eigenvalue weighted by Gasteiger charge is 2.37. The lowest BCUT2D eigenvalue weighted by molar-refractivity contribution is 0.119. The van der Waals surface area contributed by atoms with Crippen molar-refractivity contribution in [2.45, 2.75) is 32.1 Å². The molecule has 0 amide bonds. The minimum atomic E-state index is -3.60. The number of rotatable bonds is 5. The first-order chi connectivity index (χ1) is 9.80. The summed E-state index contributed by atoms with van der Waals surface area (Å²) in [5.74, 6) is -0.330. The molecule has 0 saturated heterocycles. The van der Waals surface area contributed by atoms with Crippen LogP contribution in [0.4, 0.5) is 4.39 Å². The zero-order valence-corrected chi connectivity index (χ0v) is 13.8. The van der Waals surface area contributed by atoms with Crippen molar-refractivity contribution in [2.24, 2.45) is 5.41 Å². The van der Waals surface area contributed by atoms with Crippen LogP contribution in [0.25, 0.3) is 0 Å². The molecule has 0 N–H and O–H groups in total. The fourth-order valence-electron chi connectivity index (χ4n) is 2.80. The molecule has 21 heavy (non-hydrogen) atoms. The average Bonchev–Trinajstić information content (AvgIpc) is 2.39. The average molecular weight is 355 g/mol. The Balaban J connectivity index is 2.10. The van der Waals surface area contributed by atoms with E-state index in [2.05, 4.69) is 0 Å². The maximum absolute atomic E-state index is 13.4. The van der Waals surface area contributed by atoms with Crippen LogP contribution in [0.2, 0.25) is 5.02 Å². The molecule has 2 rings (SSSR count). The van der Waals surface area contributed by atoms with Gasteiger partial charge in [-0.15, -0.1) is 0 Å². The lowest BCUT2D eigenvalue weighted by Crippen LogP contribution is -2.36. The zero-order valence-electron chi connectivity index (χ0n) is 11.4. The topological polar surface area (TPSA) is 43.4 Å². The summed E-state index contributed by atoms with van der Waals surface area (Å²) in [5, 5.41) is 0.0260. The molecular weight excluding hydrogens is 338 g/mol.